The molecule has 2 atom stereocenters. The molecule has 1 aliphatic rings. The van der Waals surface area contributed by atoms with E-state index in [0.29, 0.717) is 5.11 Å². The Morgan fingerprint density at radius 3 is 2.58 bits per heavy atom. The van der Waals surface area contributed by atoms with Crippen molar-refractivity contribution in [3.63, 3.8) is 0 Å². The van der Waals surface area contributed by atoms with E-state index in [1.54, 1.807) is 24.4 Å². The molecule has 0 spiro atoms. The summed E-state index contributed by atoms with van der Waals surface area (Å²) in [6.07, 6.45) is 1.80. The van der Waals surface area contributed by atoms with Crippen molar-refractivity contribution in [1.82, 2.24) is 19.8 Å². The molecule has 2 aromatic heterocycles. The zero-order chi connectivity index (χ0) is 22.3. The number of carbonyl (C=O) groups is 1. The van der Waals surface area contributed by atoms with E-state index in [9.17, 15) is 9.90 Å². The smallest absolute Gasteiger partial charge is 0.335 e. The predicted molar refractivity (Wildman–Crippen MR) is 125 cm³/mol. The Kier molecular flexibility index (Phi) is 5.54. The molecule has 6 nitrogen and oxygen atoms in total. The zero-order valence-electron chi connectivity index (χ0n) is 18.0. The van der Waals surface area contributed by atoms with Gasteiger partial charge in [-0.1, -0.05) is 12.1 Å². The molecule has 0 aliphatic carbocycles. The molecule has 3 heterocycles. The molecule has 4 rings (SSSR count). The van der Waals surface area contributed by atoms with Gasteiger partial charge in [0.25, 0.3) is 0 Å². The number of carboxylic acid groups (broad SMARTS) is 1. The third-order valence-corrected chi connectivity index (χ3v) is 6.16. The minimum Gasteiger partial charge on any atom is -0.478 e. The first-order chi connectivity index (χ1) is 14.8. The Hall–Kier alpha value is -3.19. The second-order valence-electron chi connectivity index (χ2n) is 8.14. The van der Waals surface area contributed by atoms with Crippen molar-refractivity contribution in [1.29, 1.82) is 0 Å². The van der Waals surface area contributed by atoms with Crippen molar-refractivity contribution in [2.45, 2.75) is 45.8 Å². The van der Waals surface area contributed by atoms with E-state index in [1.807, 2.05) is 31.2 Å². The highest BCUT2D eigenvalue weighted by atomic mass is 32.1. The third-order valence-electron chi connectivity index (χ3n) is 5.83. The number of nitrogens with zero attached hydrogens (tertiary/aromatic N) is 3. The normalized spacial score (nSPS) is 18.5. The molecule has 0 bridgehead atoms. The van der Waals surface area contributed by atoms with Crippen molar-refractivity contribution in [3.8, 4) is 5.69 Å². The van der Waals surface area contributed by atoms with Gasteiger partial charge in [0, 0.05) is 29.3 Å². The number of pyridine rings is 1. The highest BCUT2D eigenvalue weighted by molar-refractivity contribution is 7.80. The van der Waals surface area contributed by atoms with Crippen LogP contribution in [-0.4, -0.2) is 36.7 Å². The molecule has 0 saturated carbocycles. The van der Waals surface area contributed by atoms with E-state index in [1.165, 1.54) is 0 Å². The highest BCUT2D eigenvalue weighted by Crippen LogP contribution is 2.42. The standard InChI is InChI=1S/C24H26N4O2S/c1-14(2)27-22(21(26-24(27)31)20-10-5-6-11-25-20)19-12-15(3)28(16(19)4)18-9-7-8-17(13-18)23(29)30/h5-14,21-22H,1-4H3,(H,26,31)(H,29,30)/t21-,22+/m0/s1. The molecule has 0 unspecified atom stereocenters. The van der Waals surface area contributed by atoms with Crippen molar-refractivity contribution >= 4 is 23.3 Å². The molecule has 31 heavy (non-hydrogen) atoms. The third kappa shape index (κ3) is 3.70. The number of thiocarbonyl (C=S) groups is 1. The van der Waals surface area contributed by atoms with Gasteiger partial charge in [0.2, 0.25) is 0 Å². The number of carboxylic acids is 1. The fraction of sp³-hybridized carbons (Fsp3) is 0.292. The Labute approximate surface area is 187 Å². The van der Waals surface area contributed by atoms with Crippen LogP contribution in [0.4, 0.5) is 0 Å². The molecular weight excluding hydrogens is 408 g/mol. The van der Waals surface area contributed by atoms with Crippen LogP contribution >= 0.6 is 12.2 Å². The number of rotatable bonds is 5. The molecule has 1 fully saturated rings. The summed E-state index contributed by atoms with van der Waals surface area (Å²) in [5, 5.41) is 13.6. The fourth-order valence-electron chi connectivity index (χ4n) is 4.52. The van der Waals surface area contributed by atoms with Crippen LogP contribution in [0.3, 0.4) is 0 Å². The molecule has 1 aliphatic heterocycles. The number of benzene rings is 1. The average Bonchev–Trinajstić information content (AvgIpc) is 3.24. The van der Waals surface area contributed by atoms with Crippen molar-refractivity contribution in [2.75, 3.05) is 0 Å². The quantitative estimate of drug-likeness (QED) is 0.574. The largest absolute Gasteiger partial charge is 0.478 e. The van der Waals surface area contributed by atoms with E-state index in [2.05, 4.69) is 46.6 Å². The number of aromatic nitrogens is 2. The molecular formula is C24H26N4O2S. The first kappa shape index (κ1) is 21.1. The number of aryl methyl sites for hydroxylation is 1. The summed E-state index contributed by atoms with van der Waals surface area (Å²) in [6.45, 7) is 8.39. The van der Waals surface area contributed by atoms with Gasteiger partial charge >= 0.3 is 5.97 Å². The van der Waals surface area contributed by atoms with Crippen LogP contribution in [0.25, 0.3) is 5.69 Å². The predicted octanol–water partition coefficient (Wildman–Crippen LogP) is 4.57. The van der Waals surface area contributed by atoms with Gasteiger partial charge in [0.15, 0.2) is 5.11 Å². The number of aromatic carboxylic acids is 1. The summed E-state index contributed by atoms with van der Waals surface area (Å²) in [4.78, 5) is 18.3. The van der Waals surface area contributed by atoms with Gasteiger partial charge < -0.3 is 19.9 Å². The lowest BCUT2D eigenvalue weighted by atomic mass is 9.96. The lowest BCUT2D eigenvalue weighted by Crippen LogP contribution is -2.35. The minimum absolute atomic E-state index is 0.0231. The van der Waals surface area contributed by atoms with Gasteiger partial charge in [0.05, 0.1) is 23.3 Å². The van der Waals surface area contributed by atoms with Crippen LogP contribution in [0.5, 0.6) is 0 Å². The van der Waals surface area contributed by atoms with Gasteiger partial charge in [0.1, 0.15) is 0 Å². The van der Waals surface area contributed by atoms with Gasteiger partial charge in [-0.05, 0) is 81.9 Å². The maximum atomic E-state index is 11.5. The van der Waals surface area contributed by atoms with Gasteiger partial charge in [-0.2, -0.15) is 0 Å². The summed E-state index contributed by atoms with van der Waals surface area (Å²) in [5.74, 6) is -0.934. The molecule has 160 valence electrons. The topological polar surface area (TPSA) is 70.4 Å². The summed E-state index contributed by atoms with van der Waals surface area (Å²) in [5.41, 5.74) is 5.29. The first-order valence-corrected chi connectivity index (χ1v) is 10.7. The molecule has 1 aromatic carbocycles. The van der Waals surface area contributed by atoms with E-state index >= 15 is 0 Å². The second kappa shape index (κ2) is 8.15. The molecule has 2 N–H and O–H groups in total. The Morgan fingerprint density at radius 2 is 1.94 bits per heavy atom. The van der Waals surface area contributed by atoms with Gasteiger partial charge in [-0.15, -0.1) is 0 Å². The average molecular weight is 435 g/mol. The van der Waals surface area contributed by atoms with Crippen molar-refractivity contribution in [3.05, 3.63) is 82.9 Å². The van der Waals surface area contributed by atoms with Crippen molar-refractivity contribution < 1.29 is 9.90 Å². The Balaban J connectivity index is 1.85. The summed E-state index contributed by atoms with van der Waals surface area (Å²) >= 11 is 5.71. The number of hydrogen-bond acceptors (Lipinski definition) is 3. The monoisotopic (exact) mass is 434 g/mol. The maximum Gasteiger partial charge on any atom is 0.335 e. The van der Waals surface area contributed by atoms with E-state index in [0.717, 1.165) is 28.3 Å². The number of hydrogen-bond donors (Lipinski definition) is 2. The van der Waals surface area contributed by atoms with E-state index in [-0.39, 0.29) is 23.7 Å². The van der Waals surface area contributed by atoms with Crippen molar-refractivity contribution in [2.24, 2.45) is 0 Å². The number of nitrogens with one attached hydrogen (secondary N) is 1. The van der Waals surface area contributed by atoms with Crippen LogP contribution in [0.2, 0.25) is 0 Å². The highest BCUT2D eigenvalue weighted by Gasteiger charge is 2.42. The van der Waals surface area contributed by atoms with E-state index < -0.39 is 5.97 Å². The van der Waals surface area contributed by atoms with Gasteiger partial charge in [-0.25, -0.2) is 4.79 Å². The second-order valence-corrected chi connectivity index (χ2v) is 8.53. The van der Waals surface area contributed by atoms with Crippen LogP contribution < -0.4 is 5.32 Å². The SMILES string of the molecule is Cc1cc([C@@H]2[C@H](c3ccccn3)NC(=S)N2C(C)C)c(C)n1-c1cccc(C(=O)O)c1. The van der Waals surface area contributed by atoms with E-state index in [4.69, 9.17) is 12.2 Å². The Morgan fingerprint density at radius 1 is 1.16 bits per heavy atom. The summed E-state index contributed by atoms with van der Waals surface area (Å²) < 4.78 is 2.11. The fourth-order valence-corrected chi connectivity index (χ4v) is 4.97. The lowest BCUT2D eigenvalue weighted by molar-refractivity contribution is 0.0697. The zero-order valence-corrected chi connectivity index (χ0v) is 18.9. The first-order valence-electron chi connectivity index (χ1n) is 10.3. The van der Waals surface area contributed by atoms with Crippen LogP contribution in [-0.2, 0) is 0 Å². The Bertz CT molecular complexity index is 1140. The minimum atomic E-state index is -0.934. The van der Waals surface area contributed by atoms with Crippen LogP contribution in [0.1, 0.15) is 58.9 Å². The van der Waals surface area contributed by atoms with Gasteiger partial charge in [-0.3, -0.25) is 4.98 Å². The lowest BCUT2D eigenvalue weighted by Gasteiger charge is -2.31. The van der Waals surface area contributed by atoms with Crippen LogP contribution in [0, 0.1) is 13.8 Å². The summed E-state index contributed by atoms with van der Waals surface area (Å²) in [6, 6.07) is 15.2. The molecule has 0 radical (unpaired) electrons. The molecule has 3 aromatic rings. The summed E-state index contributed by atoms with van der Waals surface area (Å²) in [7, 11) is 0. The molecule has 7 heteroatoms. The maximum absolute atomic E-state index is 11.5. The van der Waals surface area contributed by atoms with Crippen LogP contribution in [0.15, 0.2) is 54.7 Å². The molecule has 1 saturated heterocycles. The molecule has 0 amide bonds.